The van der Waals surface area contributed by atoms with Crippen LogP contribution in [0.3, 0.4) is 0 Å². The lowest BCUT2D eigenvalue weighted by Crippen LogP contribution is -2.00. The molecule has 0 saturated heterocycles. The number of hydrogen-bond acceptors (Lipinski definition) is 3. The smallest absolute Gasteiger partial charge is 0.159 e. The van der Waals surface area contributed by atoms with Crippen molar-refractivity contribution in [1.29, 1.82) is 0 Å². The number of halogens is 4. The Balaban J connectivity index is 0.000000921. The van der Waals surface area contributed by atoms with E-state index in [4.69, 9.17) is 27.9 Å². The quantitative estimate of drug-likeness (QED) is 0.404. The molecule has 1 aromatic heterocycles. The Morgan fingerprint density at radius 3 is 2.21 bits per heavy atom. The van der Waals surface area contributed by atoms with E-state index in [0.29, 0.717) is 12.2 Å². The number of nitrogens with zero attached hydrogens (tertiary/aromatic N) is 2. The molecular weight excluding hydrogens is 405 g/mol. The highest BCUT2D eigenvalue weighted by Gasteiger charge is 2.23. The second-order valence-electron chi connectivity index (χ2n) is 5.04. The molecule has 0 unspecified atom stereocenters. The molecule has 3 nitrogen and oxygen atoms in total. The van der Waals surface area contributed by atoms with E-state index in [-0.39, 0.29) is 38.0 Å². The van der Waals surface area contributed by atoms with Gasteiger partial charge >= 0.3 is 0 Å². The minimum absolute atomic E-state index is 0.00171. The number of aromatic nitrogens is 2. The average molecular weight is 429 g/mol. The van der Waals surface area contributed by atoms with E-state index in [1.165, 1.54) is 31.4 Å². The van der Waals surface area contributed by atoms with Crippen LogP contribution in [0.1, 0.15) is 40.4 Å². The van der Waals surface area contributed by atoms with E-state index < -0.39 is 11.6 Å². The number of aryl methyl sites for hydroxylation is 1. The zero-order valence-electron chi connectivity index (χ0n) is 16.8. The highest BCUT2D eigenvalue weighted by atomic mass is 35.5. The molecule has 3 aromatic rings. The average Bonchev–Trinajstić information content (AvgIpc) is 2.72. The maximum Gasteiger partial charge on any atom is 0.159 e. The van der Waals surface area contributed by atoms with E-state index in [0.717, 1.165) is 0 Å². The molecule has 2 aromatic carbocycles. The fourth-order valence-electron chi connectivity index (χ4n) is 2.51. The molecule has 0 bridgehead atoms. The lowest BCUT2D eigenvalue weighted by atomic mass is 10.0. The fraction of sp³-hybridized carbons (Fsp3) is 0.333. The molecule has 0 spiro atoms. The van der Waals surface area contributed by atoms with Crippen LogP contribution in [0.25, 0.3) is 22.0 Å². The van der Waals surface area contributed by atoms with Gasteiger partial charge in [0, 0.05) is 17.4 Å². The van der Waals surface area contributed by atoms with Gasteiger partial charge in [-0.25, -0.2) is 18.7 Å². The van der Waals surface area contributed by atoms with Gasteiger partial charge in [-0.1, -0.05) is 63.9 Å². The lowest BCUT2D eigenvalue weighted by molar-refractivity contribution is 0.413. The van der Waals surface area contributed by atoms with Gasteiger partial charge in [0.25, 0.3) is 0 Å². The predicted octanol–water partition coefficient (Wildman–Crippen LogP) is 7.51. The summed E-state index contributed by atoms with van der Waals surface area (Å²) in [4.78, 5) is 8.26. The van der Waals surface area contributed by atoms with Crippen molar-refractivity contribution in [2.75, 3.05) is 7.11 Å². The van der Waals surface area contributed by atoms with Crippen LogP contribution in [0.5, 0.6) is 5.75 Å². The first-order valence-electron chi connectivity index (χ1n) is 9.14. The normalized spacial score (nSPS) is 9.93. The first-order valence-corrected chi connectivity index (χ1v) is 9.90. The molecule has 0 N–H and O–H groups in total. The Bertz CT molecular complexity index is 950. The van der Waals surface area contributed by atoms with Gasteiger partial charge in [0.05, 0.1) is 17.7 Å². The fourth-order valence-corrected chi connectivity index (χ4v) is 3.04. The maximum absolute atomic E-state index is 15.2. The standard InChI is InChI=1S/C17H12Cl2F2N2O.2C2H6/c1-3-12-22-16-8(17(19)23-12)7-9(18)13(15(16)21)14-10(20)5-4-6-11(14)24-2;2*1-2/h4-7H,3H2,1-2H3;2*1-2H3. The van der Waals surface area contributed by atoms with Gasteiger partial charge in [-0.15, -0.1) is 0 Å². The summed E-state index contributed by atoms with van der Waals surface area (Å²) in [5.74, 6) is -0.851. The van der Waals surface area contributed by atoms with Crippen molar-refractivity contribution in [3.63, 3.8) is 0 Å². The Hall–Kier alpha value is -1.98. The summed E-state index contributed by atoms with van der Waals surface area (Å²) in [6, 6.07) is 5.65. The molecule has 0 aliphatic heterocycles. The van der Waals surface area contributed by atoms with Crippen molar-refractivity contribution in [3.8, 4) is 16.9 Å². The van der Waals surface area contributed by atoms with Crippen molar-refractivity contribution in [1.82, 2.24) is 9.97 Å². The van der Waals surface area contributed by atoms with E-state index in [1.54, 1.807) is 0 Å². The molecule has 152 valence electrons. The second-order valence-corrected chi connectivity index (χ2v) is 5.81. The summed E-state index contributed by atoms with van der Waals surface area (Å²) in [7, 11) is 1.37. The van der Waals surface area contributed by atoms with Crippen LogP contribution in [0.15, 0.2) is 24.3 Å². The van der Waals surface area contributed by atoms with Gasteiger partial charge in [-0.2, -0.15) is 0 Å². The first-order chi connectivity index (χ1) is 13.5. The Kier molecular flexibility index (Phi) is 9.56. The molecule has 0 atom stereocenters. The maximum atomic E-state index is 15.2. The molecular formula is C21H24Cl2F2N2O. The number of ether oxygens (including phenoxy) is 1. The lowest BCUT2D eigenvalue weighted by Gasteiger charge is -2.14. The molecule has 1 heterocycles. The molecule has 0 aliphatic rings. The first kappa shape index (κ1) is 24.1. The van der Waals surface area contributed by atoms with E-state index in [2.05, 4.69) is 9.97 Å². The Morgan fingerprint density at radius 1 is 1.00 bits per heavy atom. The topological polar surface area (TPSA) is 35.0 Å². The third-order valence-electron chi connectivity index (χ3n) is 3.64. The van der Waals surface area contributed by atoms with Crippen LogP contribution in [0.2, 0.25) is 10.2 Å². The Labute approximate surface area is 174 Å². The van der Waals surface area contributed by atoms with Crippen molar-refractivity contribution >= 4 is 34.1 Å². The number of benzene rings is 2. The molecule has 28 heavy (non-hydrogen) atoms. The molecule has 0 amide bonds. The van der Waals surface area contributed by atoms with Crippen LogP contribution < -0.4 is 4.74 Å². The summed E-state index contributed by atoms with van der Waals surface area (Å²) < 4.78 is 34.6. The minimum Gasteiger partial charge on any atom is -0.496 e. The van der Waals surface area contributed by atoms with Gasteiger partial charge in [0.15, 0.2) is 5.82 Å². The molecule has 3 rings (SSSR count). The van der Waals surface area contributed by atoms with Crippen LogP contribution >= 0.6 is 23.2 Å². The summed E-state index contributed by atoms with van der Waals surface area (Å²) >= 11 is 12.3. The monoisotopic (exact) mass is 428 g/mol. The third kappa shape index (κ3) is 4.70. The summed E-state index contributed by atoms with van der Waals surface area (Å²) in [6.07, 6.45) is 0.482. The number of hydrogen-bond donors (Lipinski definition) is 0. The molecule has 7 heteroatoms. The summed E-state index contributed by atoms with van der Waals surface area (Å²) in [5, 5.41) is 0.373. The van der Waals surface area contributed by atoms with E-state index >= 15 is 4.39 Å². The van der Waals surface area contributed by atoms with Gasteiger partial charge in [-0.3, -0.25) is 0 Å². The third-order valence-corrected chi connectivity index (χ3v) is 4.23. The van der Waals surface area contributed by atoms with E-state index in [9.17, 15) is 4.39 Å². The number of rotatable bonds is 3. The SMILES string of the molecule is CC.CC.CCc1nc(Cl)c2cc(Cl)c(-c3c(F)cccc3OC)c(F)c2n1. The molecule has 0 aliphatic carbocycles. The van der Waals surface area contributed by atoms with Gasteiger partial charge in [-0.05, 0) is 18.2 Å². The van der Waals surface area contributed by atoms with Gasteiger partial charge in [0.1, 0.15) is 28.1 Å². The van der Waals surface area contributed by atoms with Gasteiger partial charge in [0.2, 0.25) is 0 Å². The van der Waals surface area contributed by atoms with Crippen LogP contribution in [-0.2, 0) is 6.42 Å². The van der Waals surface area contributed by atoms with Crippen LogP contribution in [0.4, 0.5) is 8.78 Å². The molecule has 0 radical (unpaired) electrons. The zero-order chi connectivity index (χ0) is 21.4. The van der Waals surface area contributed by atoms with Crippen LogP contribution in [0, 0.1) is 11.6 Å². The molecule has 0 fully saturated rings. The minimum atomic E-state index is -0.764. The van der Waals surface area contributed by atoms with Crippen molar-refractivity contribution in [2.45, 2.75) is 41.0 Å². The van der Waals surface area contributed by atoms with E-state index in [1.807, 2.05) is 34.6 Å². The predicted molar refractivity (Wildman–Crippen MR) is 114 cm³/mol. The summed E-state index contributed by atoms with van der Waals surface area (Å²) in [5.41, 5.74) is -0.176. The van der Waals surface area contributed by atoms with Crippen molar-refractivity contribution in [3.05, 3.63) is 51.9 Å². The highest BCUT2D eigenvalue weighted by molar-refractivity contribution is 6.37. The van der Waals surface area contributed by atoms with Crippen LogP contribution in [-0.4, -0.2) is 17.1 Å². The molecule has 0 saturated carbocycles. The number of methoxy groups -OCH3 is 1. The van der Waals surface area contributed by atoms with Gasteiger partial charge < -0.3 is 4.74 Å². The Morgan fingerprint density at radius 2 is 1.64 bits per heavy atom. The largest absolute Gasteiger partial charge is 0.496 e. The van der Waals surface area contributed by atoms with Crippen molar-refractivity contribution in [2.24, 2.45) is 0 Å². The zero-order valence-corrected chi connectivity index (χ0v) is 18.3. The number of fused-ring (bicyclic) bond motifs is 1. The van der Waals surface area contributed by atoms with Crippen molar-refractivity contribution < 1.29 is 13.5 Å². The highest BCUT2D eigenvalue weighted by Crippen LogP contribution is 2.41. The summed E-state index contributed by atoms with van der Waals surface area (Å²) in [6.45, 7) is 9.83. The second kappa shape index (κ2) is 11.1.